The van der Waals surface area contributed by atoms with E-state index in [1.807, 2.05) is 13.0 Å². The van der Waals surface area contributed by atoms with Gasteiger partial charge in [0.25, 0.3) is 0 Å². The van der Waals surface area contributed by atoms with Gasteiger partial charge < -0.3 is 5.32 Å². The van der Waals surface area contributed by atoms with E-state index in [9.17, 15) is 4.79 Å². The number of aromatic nitrogens is 1. The minimum Gasteiger partial charge on any atom is -0.310 e. The third-order valence-electron chi connectivity index (χ3n) is 4.01. The average Bonchev–Trinajstić information content (AvgIpc) is 2.78. The van der Waals surface area contributed by atoms with Crippen molar-refractivity contribution in [1.29, 1.82) is 0 Å². The summed E-state index contributed by atoms with van der Waals surface area (Å²) < 4.78 is 0.971. The molecule has 2 unspecified atom stereocenters. The molecular weight excluding hydrogens is 280 g/mol. The third-order valence-corrected chi connectivity index (χ3v) is 4.84. The van der Waals surface area contributed by atoms with Crippen LogP contribution in [0.5, 0.6) is 0 Å². The summed E-state index contributed by atoms with van der Waals surface area (Å²) in [6, 6.07) is 1.90. The molecule has 17 heavy (non-hydrogen) atoms. The molecule has 90 valence electrons. The lowest BCUT2D eigenvalue weighted by Crippen LogP contribution is -2.17. The number of carbonyl (C=O) groups is 1. The van der Waals surface area contributed by atoms with E-state index in [4.69, 9.17) is 0 Å². The first-order chi connectivity index (χ1) is 8.16. The van der Waals surface area contributed by atoms with Crippen LogP contribution < -0.4 is 5.32 Å². The number of aryl methyl sites for hydroxylation is 1. The normalized spacial score (nSPS) is 29.9. The van der Waals surface area contributed by atoms with Crippen LogP contribution in [0, 0.1) is 24.7 Å². The van der Waals surface area contributed by atoms with Crippen molar-refractivity contribution in [2.24, 2.45) is 17.8 Å². The minimum absolute atomic E-state index is 0.161. The fourth-order valence-electron chi connectivity index (χ4n) is 3.03. The van der Waals surface area contributed by atoms with Crippen LogP contribution >= 0.6 is 15.9 Å². The molecule has 1 N–H and O–H groups in total. The summed E-state index contributed by atoms with van der Waals surface area (Å²) >= 11 is 3.40. The Kier molecular flexibility index (Phi) is 2.69. The van der Waals surface area contributed by atoms with Gasteiger partial charge in [-0.05, 0) is 59.2 Å². The predicted octanol–water partition coefficient (Wildman–Crippen LogP) is 3.14. The predicted molar refractivity (Wildman–Crippen MR) is 69.6 cm³/mol. The minimum atomic E-state index is 0.161. The highest BCUT2D eigenvalue weighted by atomic mass is 79.9. The number of amides is 1. The second kappa shape index (κ2) is 4.09. The van der Waals surface area contributed by atoms with Crippen molar-refractivity contribution in [2.75, 3.05) is 5.32 Å². The lowest BCUT2D eigenvalue weighted by molar-refractivity contribution is -0.118. The van der Waals surface area contributed by atoms with Crippen molar-refractivity contribution in [3.8, 4) is 0 Å². The number of hydrogen-bond donors (Lipinski definition) is 1. The lowest BCUT2D eigenvalue weighted by atomic mass is 10.1. The Morgan fingerprint density at radius 2 is 2.18 bits per heavy atom. The van der Waals surface area contributed by atoms with Gasteiger partial charge in [0.15, 0.2) is 0 Å². The lowest BCUT2D eigenvalue weighted by Gasteiger charge is -2.07. The van der Waals surface area contributed by atoms with Gasteiger partial charge in [-0.1, -0.05) is 6.42 Å². The molecule has 2 fully saturated rings. The van der Waals surface area contributed by atoms with Gasteiger partial charge in [0.1, 0.15) is 5.82 Å². The van der Waals surface area contributed by atoms with Gasteiger partial charge in [-0.15, -0.1) is 0 Å². The second-order valence-corrected chi connectivity index (χ2v) is 5.95. The molecule has 1 heterocycles. The molecule has 0 aromatic carbocycles. The van der Waals surface area contributed by atoms with Crippen LogP contribution in [0.2, 0.25) is 0 Å². The van der Waals surface area contributed by atoms with Crippen LogP contribution in [0.4, 0.5) is 5.82 Å². The van der Waals surface area contributed by atoms with Gasteiger partial charge in [-0.3, -0.25) is 4.79 Å². The van der Waals surface area contributed by atoms with E-state index in [1.165, 1.54) is 19.3 Å². The van der Waals surface area contributed by atoms with Crippen molar-refractivity contribution < 1.29 is 4.79 Å². The fraction of sp³-hybridized carbons (Fsp3) is 0.538. The number of halogens is 1. The molecule has 1 amide bonds. The Balaban J connectivity index is 1.67. The first-order valence-corrected chi connectivity index (χ1v) is 6.89. The summed E-state index contributed by atoms with van der Waals surface area (Å²) in [5.74, 6) is 2.40. The molecule has 4 heteroatoms. The van der Waals surface area contributed by atoms with E-state index in [0.29, 0.717) is 17.7 Å². The van der Waals surface area contributed by atoms with Gasteiger partial charge in [0.05, 0.1) is 0 Å². The highest BCUT2D eigenvalue weighted by Crippen LogP contribution is 2.57. The molecule has 2 saturated carbocycles. The van der Waals surface area contributed by atoms with Gasteiger partial charge in [-0.25, -0.2) is 4.98 Å². The van der Waals surface area contributed by atoms with Gasteiger partial charge in [-0.2, -0.15) is 0 Å². The number of rotatable bonds is 2. The third kappa shape index (κ3) is 1.99. The molecule has 1 aromatic rings. The molecule has 0 radical (unpaired) electrons. The van der Waals surface area contributed by atoms with Crippen LogP contribution in [0.1, 0.15) is 24.8 Å². The van der Waals surface area contributed by atoms with Crippen LogP contribution in [0.15, 0.2) is 16.7 Å². The van der Waals surface area contributed by atoms with E-state index in [1.54, 1.807) is 6.20 Å². The van der Waals surface area contributed by atoms with Crippen LogP contribution in [-0.4, -0.2) is 10.9 Å². The number of carbonyl (C=O) groups excluding carboxylic acids is 1. The zero-order valence-electron chi connectivity index (χ0n) is 9.74. The Morgan fingerprint density at radius 1 is 1.47 bits per heavy atom. The number of nitrogens with one attached hydrogen (secondary N) is 1. The quantitative estimate of drug-likeness (QED) is 0.910. The molecule has 0 saturated heterocycles. The maximum absolute atomic E-state index is 12.0. The summed E-state index contributed by atoms with van der Waals surface area (Å²) in [5, 5.41) is 2.93. The number of pyridine rings is 1. The van der Waals surface area contributed by atoms with E-state index in [0.717, 1.165) is 10.0 Å². The number of fused-ring (bicyclic) bond motifs is 1. The smallest absolute Gasteiger partial charge is 0.229 e. The van der Waals surface area contributed by atoms with Gasteiger partial charge >= 0.3 is 0 Å². The van der Waals surface area contributed by atoms with Crippen LogP contribution in [0.25, 0.3) is 0 Å². The molecule has 2 atom stereocenters. The van der Waals surface area contributed by atoms with Gasteiger partial charge in [0, 0.05) is 16.6 Å². The Hall–Kier alpha value is -0.900. The zero-order chi connectivity index (χ0) is 12.0. The molecule has 0 spiro atoms. The molecule has 0 aliphatic heterocycles. The largest absolute Gasteiger partial charge is 0.310 e. The van der Waals surface area contributed by atoms with E-state index < -0.39 is 0 Å². The maximum atomic E-state index is 12.0. The van der Waals surface area contributed by atoms with Crippen molar-refractivity contribution in [2.45, 2.75) is 26.2 Å². The van der Waals surface area contributed by atoms with E-state index in [2.05, 4.69) is 26.2 Å². The molecule has 2 aliphatic rings. The summed E-state index contributed by atoms with van der Waals surface area (Å²) in [6.45, 7) is 1.99. The molecule has 0 bridgehead atoms. The summed E-state index contributed by atoms with van der Waals surface area (Å²) in [5.41, 5.74) is 1.09. The molecule has 2 aliphatic carbocycles. The molecule has 3 rings (SSSR count). The summed E-state index contributed by atoms with van der Waals surface area (Å²) in [7, 11) is 0. The first kappa shape index (κ1) is 11.2. The van der Waals surface area contributed by atoms with Gasteiger partial charge in [0.2, 0.25) is 5.91 Å². The fourth-order valence-corrected chi connectivity index (χ4v) is 3.24. The average molecular weight is 295 g/mol. The molecule has 3 nitrogen and oxygen atoms in total. The van der Waals surface area contributed by atoms with Crippen molar-refractivity contribution >= 4 is 27.7 Å². The van der Waals surface area contributed by atoms with Crippen molar-refractivity contribution in [3.05, 3.63) is 22.3 Å². The summed E-state index contributed by atoms with van der Waals surface area (Å²) in [4.78, 5) is 16.2. The Bertz CT molecular complexity index is 464. The number of anilines is 1. The zero-order valence-corrected chi connectivity index (χ0v) is 11.3. The number of nitrogens with zero attached hydrogens (tertiary/aromatic N) is 1. The van der Waals surface area contributed by atoms with Crippen molar-refractivity contribution in [3.63, 3.8) is 0 Å². The number of hydrogen-bond acceptors (Lipinski definition) is 2. The van der Waals surface area contributed by atoms with E-state index in [-0.39, 0.29) is 11.8 Å². The summed E-state index contributed by atoms with van der Waals surface area (Å²) in [6.07, 6.45) is 5.50. The maximum Gasteiger partial charge on any atom is 0.229 e. The second-order valence-electron chi connectivity index (χ2n) is 5.09. The first-order valence-electron chi connectivity index (χ1n) is 6.10. The van der Waals surface area contributed by atoms with Crippen LogP contribution in [-0.2, 0) is 4.79 Å². The Morgan fingerprint density at radius 3 is 2.82 bits per heavy atom. The molecular formula is C13H15BrN2O. The van der Waals surface area contributed by atoms with E-state index >= 15 is 0 Å². The highest BCUT2D eigenvalue weighted by Gasteiger charge is 2.56. The monoisotopic (exact) mass is 294 g/mol. The SMILES string of the molecule is Cc1cc(NC(=O)C2C3CCCC32)ncc1Br. The van der Waals surface area contributed by atoms with Crippen molar-refractivity contribution in [1.82, 2.24) is 4.98 Å². The topological polar surface area (TPSA) is 42.0 Å². The standard InChI is InChI=1S/C13H15BrN2O/c1-7-5-11(15-6-10(7)14)16-13(17)12-8-3-2-4-9(8)12/h5-6,8-9,12H,2-4H2,1H3,(H,15,16,17). The molecule has 1 aromatic heterocycles. The highest BCUT2D eigenvalue weighted by molar-refractivity contribution is 9.10. The van der Waals surface area contributed by atoms with Crippen LogP contribution in [0.3, 0.4) is 0 Å². The Labute approximate surface area is 109 Å².